The van der Waals surface area contributed by atoms with Gasteiger partial charge in [0, 0.05) is 32.9 Å². The molecule has 26 heavy (non-hydrogen) atoms. The zero-order valence-corrected chi connectivity index (χ0v) is 17.7. The van der Waals surface area contributed by atoms with Crippen molar-refractivity contribution < 1.29 is 4.52 Å². The van der Waals surface area contributed by atoms with Gasteiger partial charge in [0.15, 0.2) is 0 Å². The van der Waals surface area contributed by atoms with Crippen LogP contribution in [0, 0.1) is 0 Å². The Morgan fingerprint density at radius 3 is 2.58 bits per heavy atom. The van der Waals surface area contributed by atoms with Crippen LogP contribution in [0.3, 0.4) is 0 Å². The molecule has 1 saturated heterocycles. The maximum atomic E-state index is 6.54. The summed E-state index contributed by atoms with van der Waals surface area (Å²) in [4.78, 5) is 8.01. The second-order valence-electron chi connectivity index (χ2n) is 6.94. The summed E-state index contributed by atoms with van der Waals surface area (Å²) in [5.41, 5.74) is 2.11. The van der Waals surface area contributed by atoms with Crippen LogP contribution in [-0.4, -0.2) is 37.8 Å². The Balaban J connectivity index is 1.83. The van der Waals surface area contributed by atoms with Gasteiger partial charge in [-0.2, -0.15) is 0 Å². The molecule has 1 atom stereocenters. The molecule has 0 bridgehead atoms. The van der Waals surface area contributed by atoms with Gasteiger partial charge >= 0.3 is 0 Å². The van der Waals surface area contributed by atoms with Crippen LogP contribution in [0.25, 0.3) is 0 Å². The third-order valence-corrected chi connectivity index (χ3v) is 9.82. The normalized spacial score (nSPS) is 23.5. The van der Waals surface area contributed by atoms with Crippen LogP contribution in [0.1, 0.15) is 30.6 Å². The maximum absolute atomic E-state index is 6.54. The van der Waals surface area contributed by atoms with Gasteiger partial charge in [-0.1, -0.05) is 18.9 Å². The quantitative estimate of drug-likeness (QED) is 0.690. The molecule has 138 valence electrons. The van der Waals surface area contributed by atoms with E-state index in [1.165, 1.54) is 25.7 Å². The van der Waals surface area contributed by atoms with E-state index in [1.54, 1.807) is 11.3 Å². The number of anilines is 1. The van der Waals surface area contributed by atoms with Crippen molar-refractivity contribution in [2.75, 3.05) is 32.1 Å². The van der Waals surface area contributed by atoms with Crippen LogP contribution < -0.4 is 10.2 Å². The Morgan fingerprint density at radius 2 is 1.92 bits per heavy atom. The average Bonchev–Trinajstić information content (AvgIpc) is 3.03. The van der Waals surface area contributed by atoms with E-state index in [4.69, 9.17) is 21.3 Å². The predicted molar refractivity (Wildman–Crippen MR) is 116 cm³/mol. The van der Waals surface area contributed by atoms with Crippen LogP contribution in [0.2, 0.25) is 0 Å². The molecule has 4 nitrogen and oxygen atoms in total. The summed E-state index contributed by atoms with van der Waals surface area (Å²) in [5.74, 6) is 0.691. The highest BCUT2D eigenvalue weighted by Gasteiger charge is 2.37. The predicted octanol–water partition coefficient (Wildman–Crippen LogP) is 4.73. The monoisotopic (exact) mass is 405 g/mol. The van der Waals surface area contributed by atoms with Crippen LogP contribution >= 0.6 is 17.8 Å². The molecule has 4 rings (SSSR count). The van der Waals surface area contributed by atoms with Gasteiger partial charge in [0.2, 0.25) is 12.3 Å². The summed E-state index contributed by atoms with van der Waals surface area (Å²) in [7, 11) is 4.10. The Bertz CT molecular complexity index is 856. The van der Waals surface area contributed by atoms with Crippen molar-refractivity contribution in [2.45, 2.75) is 25.7 Å². The zero-order chi connectivity index (χ0) is 18.1. The molecule has 0 N–H and O–H groups in total. The number of hydrogen-bond donors (Lipinski definition) is 0. The summed E-state index contributed by atoms with van der Waals surface area (Å²) in [6, 6.07) is 10.5. The van der Waals surface area contributed by atoms with Gasteiger partial charge in [-0.25, -0.2) is 9.66 Å². The zero-order valence-electron chi connectivity index (χ0n) is 15.2. The Morgan fingerprint density at radius 1 is 1.15 bits per heavy atom. The summed E-state index contributed by atoms with van der Waals surface area (Å²) in [5, 5.41) is 3.16. The van der Waals surface area contributed by atoms with Gasteiger partial charge < -0.3 is 9.42 Å². The van der Waals surface area contributed by atoms with Crippen molar-refractivity contribution in [3.63, 3.8) is 0 Å². The minimum atomic E-state index is -2.33. The van der Waals surface area contributed by atoms with Crippen molar-refractivity contribution in [1.29, 1.82) is 0 Å². The van der Waals surface area contributed by atoms with E-state index in [-0.39, 0.29) is 0 Å². The molecule has 0 spiro atoms. The minimum absolute atomic E-state index is 0.691. The van der Waals surface area contributed by atoms with E-state index in [2.05, 4.69) is 53.3 Å². The Kier molecular flexibility index (Phi) is 5.20. The molecule has 1 unspecified atom stereocenters. The molecule has 1 aromatic carbocycles. The van der Waals surface area contributed by atoms with Gasteiger partial charge in [-0.3, -0.25) is 0 Å². The van der Waals surface area contributed by atoms with E-state index < -0.39 is 6.42 Å². The molecule has 1 fully saturated rings. The van der Waals surface area contributed by atoms with Crippen molar-refractivity contribution in [3.05, 3.63) is 40.6 Å². The highest BCUT2D eigenvalue weighted by molar-refractivity contribution is 8.15. The van der Waals surface area contributed by atoms with Crippen LogP contribution in [-0.2, 0) is 16.3 Å². The second kappa shape index (κ2) is 7.43. The smallest absolute Gasteiger partial charge is 0.236 e. The number of thiophene rings is 1. The third kappa shape index (κ3) is 3.36. The Hall–Kier alpha value is -1.20. The van der Waals surface area contributed by atoms with Gasteiger partial charge in [-0.05, 0) is 54.3 Å². The van der Waals surface area contributed by atoms with Gasteiger partial charge in [-0.15, -0.1) is 11.3 Å². The number of aliphatic imine (C=N–C) groups is 1. The second-order valence-corrected chi connectivity index (χ2v) is 11.6. The fourth-order valence-electron chi connectivity index (χ4n) is 3.44. The third-order valence-electron chi connectivity index (χ3n) is 4.90. The minimum Gasteiger partial charge on any atom is -0.430 e. The summed E-state index contributed by atoms with van der Waals surface area (Å²) < 4.78 is 8.98. The lowest BCUT2D eigenvalue weighted by Gasteiger charge is -2.37. The molecule has 0 radical (unpaired) electrons. The molecule has 0 saturated carbocycles. The lowest BCUT2D eigenvalue weighted by atomic mass is 10.2. The van der Waals surface area contributed by atoms with Crippen LogP contribution in [0.4, 0.5) is 11.4 Å². The molecule has 0 aliphatic carbocycles. The van der Waals surface area contributed by atoms with E-state index in [1.807, 2.05) is 6.07 Å². The molecule has 2 aromatic rings. The first-order valence-electron chi connectivity index (χ1n) is 9.07. The molecule has 7 heteroatoms. The molecule has 3 heterocycles. The first kappa shape index (κ1) is 18.2. The van der Waals surface area contributed by atoms with Crippen molar-refractivity contribution in [1.82, 2.24) is 4.67 Å². The molecule has 0 amide bonds. The summed E-state index contributed by atoms with van der Waals surface area (Å²) >= 11 is 7.93. The van der Waals surface area contributed by atoms with Crippen LogP contribution in [0.15, 0.2) is 40.7 Å². The summed E-state index contributed by atoms with van der Waals surface area (Å²) in [6.45, 7) is 2.04. The molecular formula is C19H24N3OPS2. The fourth-order valence-corrected chi connectivity index (χ4v) is 7.69. The number of fused-ring (bicyclic) bond motifs is 1. The van der Waals surface area contributed by atoms with Crippen molar-refractivity contribution in [3.8, 4) is 0 Å². The molecule has 2 aliphatic heterocycles. The van der Waals surface area contributed by atoms with E-state index in [0.717, 1.165) is 34.6 Å². The lowest BCUT2D eigenvalue weighted by Crippen LogP contribution is -2.32. The van der Waals surface area contributed by atoms with Gasteiger partial charge in [0.1, 0.15) is 0 Å². The molecule has 1 aromatic heterocycles. The maximum Gasteiger partial charge on any atom is 0.236 e. The van der Waals surface area contributed by atoms with Crippen molar-refractivity contribution >= 4 is 52.1 Å². The van der Waals surface area contributed by atoms with E-state index in [9.17, 15) is 0 Å². The van der Waals surface area contributed by atoms with Gasteiger partial charge in [0.05, 0.1) is 15.9 Å². The topological polar surface area (TPSA) is 28.1 Å². The molecular weight excluding hydrogens is 381 g/mol. The number of benzene rings is 1. The SMILES string of the molecule is CN(C)c1ccc2c(c1)N=C(c1cccs1)OP2(=S)N1CCCCCC1. The van der Waals surface area contributed by atoms with Gasteiger partial charge in [0.25, 0.3) is 0 Å². The largest absolute Gasteiger partial charge is 0.430 e. The fraction of sp³-hybridized carbons (Fsp3) is 0.421. The lowest BCUT2D eigenvalue weighted by molar-refractivity contribution is 0.425. The highest BCUT2D eigenvalue weighted by atomic mass is 32.4. The highest BCUT2D eigenvalue weighted by Crippen LogP contribution is 2.56. The van der Waals surface area contributed by atoms with Crippen molar-refractivity contribution in [2.24, 2.45) is 4.99 Å². The first-order chi connectivity index (χ1) is 12.6. The number of rotatable bonds is 3. The summed E-state index contributed by atoms with van der Waals surface area (Å²) in [6.07, 6.45) is 2.62. The van der Waals surface area contributed by atoms with E-state index >= 15 is 0 Å². The number of hydrogen-bond acceptors (Lipinski definition) is 5. The van der Waals surface area contributed by atoms with Crippen LogP contribution in [0.5, 0.6) is 0 Å². The number of nitrogens with zero attached hydrogens (tertiary/aromatic N) is 3. The molecule has 2 aliphatic rings. The Labute approximate surface area is 164 Å². The standard InChI is InChI=1S/C19H24N3OPS2/c1-21(2)15-9-10-17-16(14-15)20-19(18-8-7-13-26-18)23-24(17,25)22-11-5-3-4-6-12-22/h7-10,13-14H,3-6,11-12H2,1-2H3. The van der Waals surface area contributed by atoms with E-state index in [0.29, 0.717) is 5.90 Å². The first-order valence-corrected chi connectivity index (χ1v) is 12.6. The average molecular weight is 406 g/mol.